The Morgan fingerprint density at radius 3 is 2.00 bits per heavy atom. The van der Waals surface area contributed by atoms with Crippen LogP contribution in [0.2, 0.25) is 0 Å². The van der Waals surface area contributed by atoms with Crippen LogP contribution in [0.25, 0.3) is 88.3 Å². The molecule has 0 unspecified atom stereocenters. The van der Waals surface area contributed by atoms with E-state index < -0.39 is 6.04 Å². The molecule has 254 valence electrons. The van der Waals surface area contributed by atoms with Crippen molar-refractivity contribution in [2.75, 3.05) is 0 Å². The number of ether oxygens (including phenoxy) is 1. The van der Waals surface area contributed by atoms with Crippen molar-refractivity contribution in [1.82, 2.24) is 0 Å². The topological polar surface area (TPSA) is 9.23 Å². The number of fused-ring (bicyclic) bond motifs is 6. The molecule has 2 aliphatic rings. The van der Waals surface area contributed by atoms with E-state index in [2.05, 4.69) is 123 Å². The summed E-state index contributed by atoms with van der Waals surface area (Å²) >= 11 is 0. The highest BCUT2D eigenvalue weighted by molar-refractivity contribution is 6.10. The van der Waals surface area contributed by atoms with E-state index >= 15 is 0 Å². The van der Waals surface area contributed by atoms with Gasteiger partial charge in [-0.05, 0) is 143 Å². The van der Waals surface area contributed by atoms with E-state index in [1.165, 1.54) is 22.3 Å². The Bertz CT molecular complexity index is 3250. The van der Waals surface area contributed by atoms with Crippen molar-refractivity contribution in [2.45, 2.75) is 19.3 Å². The summed E-state index contributed by atoms with van der Waals surface area (Å²) < 4.78 is 49.9. The predicted molar refractivity (Wildman–Crippen MR) is 226 cm³/mol. The molecular formula is C53H36O. The lowest BCUT2D eigenvalue weighted by Gasteiger charge is -2.23. The quantitative estimate of drug-likeness (QED) is 0.178. The molecule has 9 aromatic rings. The highest BCUT2D eigenvalue weighted by Gasteiger charge is 2.35. The number of benzene rings is 9. The first kappa shape index (κ1) is 26.1. The Morgan fingerprint density at radius 1 is 0.407 bits per heavy atom. The molecule has 1 aliphatic carbocycles. The summed E-state index contributed by atoms with van der Waals surface area (Å²) in [7, 11) is 0. The molecule has 54 heavy (non-hydrogen) atoms. The van der Waals surface area contributed by atoms with Crippen LogP contribution in [-0.2, 0) is 5.41 Å². The van der Waals surface area contributed by atoms with Gasteiger partial charge in [0.05, 0.1) is 6.85 Å². The van der Waals surface area contributed by atoms with Gasteiger partial charge in [-0.1, -0.05) is 141 Å². The Balaban J connectivity index is 1.12. The molecule has 0 atom stereocenters. The minimum atomic E-state index is -0.411. The van der Waals surface area contributed by atoms with Crippen molar-refractivity contribution < 1.29 is 11.6 Å². The van der Waals surface area contributed by atoms with Gasteiger partial charge in [-0.2, -0.15) is 0 Å². The average Bonchev–Trinajstić information content (AvgIpc) is 3.49. The van der Waals surface area contributed by atoms with Gasteiger partial charge in [0.1, 0.15) is 11.5 Å². The standard InChI is InChI=1S/C53H36O/c1-53(2)48-19-10-9-16-43(48)46-30-37-21-20-35(26-40(37)32-49(46)53)39-27-38(34-14-7-4-8-15-34)28-41(29-39)42-23-25-51-52-44(42)17-11-18-45(52)47-31-36(22-24-50(47)54-51)33-12-5-3-6-13-33/h3-32H,1-2H3/i4D,7D,8D,14D,15D. The fourth-order valence-electron chi connectivity index (χ4n) is 8.81. The fourth-order valence-corrected chi connectivity index (χ4v) is 8.81. The third kappa shape index (κ3) is 4.72. The van der Waals surface area contributed by atoms with Gasteiger partial charge in [0.25, 0.3) is 0 Å². The van der Waals surface area contributed by atoms with Crippen molar-refractivity contribution in [2.24, 2.45) is 0 Å². The van der Waals surface area contributed by atoms with Gasteiger partial charge < -0.3 is 4.74 Å². The van der Waals surface area contributed by atoms with Crippen molar-refractivity contribution >= 4 is 21.5 Å². The molecule has 0 aromatic heterocycles. The van der Waals surface area contributed by atoms with Crippen molar-refractivity contribution in [1.29, 1.82) is 0 Å². The molecule has 1 aliphatic heterocycles. The Morgan fingerprint density at radius 2 is 1.13 bits per heavy atom. The summed E-state index contributed by atoms with van der Waals surface area (Å²) in [5.41, 5.74) is 13.7. The zero-order chi connectivity index (χ0) is 40.3. The zero-order valence-corrected chi connectivity index (χ0v) is 29.8. The molecule has 0 bridgehead atoms. The maximum Gasteiger partial charge on any atom is 0.135 e. The van der Waals surface area contributed by atoms with E-state index in [1.54, 1.807) is 0 Å². The molecular weight excluding hydrogens is 653 g/mol. The first-order valence-corrected chi connectivity index (χ1v) is 18.4. The highest BCUT2D eigenvalue weighted by Crippen LogP contribution is 2.51. The van der Waals surface area contributed by atoms with Crippen LogP contribution in [0.3, 0.4) is 0 Å². The van der Waals surface area contributed by atoms with Crippen LogP contribution < -0.4 is 4.74 Å². The molecule has 0 radical (unpaired) electrons. The largest absolute Gasteiger partial charge is 0.456 e. The fraction of sp³-hybridized carbons (Fsp3) is 0.0566. The molecule has 1 heteroatoms. The van der Waals surface area contributed by atoms with Crippen LogP contribution in [0.1, 0.15) is 31.8 Å². The highest BCUT2D eigenvalue weighted by atomic mass is 16.5. The molecule has 0 amide bonds. The number of hydrogen-bond acceptors (Lipinski definition) is 1. The average molecular weight is 694 g/mol. The lowest BCUT2D eigenvalue weighted by molar-refractivity contribution is 0.487. The van der Waals surface area contributed by atoms with Crippen LogP contribution in [0.15, 0.2) is 182 Å². The lowest BCUT2D eigenvalue weighted by atomic mass is 9.82. The summed E-state index contributed by atoms with van der Waals surface area (Å²) in [5.74, 6) is 1.57. The van der Waals surface area contributed by atoms with Crippen molar-refractivity contribution in [3.8, 4) is 78.3 Å². The van der Waals surface area contributed by atoms with Crippen LogP contribution in [0, 0.1) is 0 Å². The predicted octanol–water partition coefficient (Wildman–Crippen LogP) is 14.7. The van der Waals surface area contributed by atoms with Crippen LogP contribution in [0.5, 0.6) is 11.5 Å². The maximum atomic E-state index is 8.97. The van der Waals surface area contributed by atoms with E-state index in [9.17, 15) is 0 Å². The van der Waals surface area contributed by atoms with E-state index in [0.29, 0.717) is 5.56 Å². The SMILES string of the molecule is [2H]c1c([2H])c([2H])c(-c2cc(-c3ccc4cc5c(cc4c3)C(C)(C)c3ccccc3-5)cc(-c3ccc4c5c(cccc35)-c3cc(-c5ccccc5)ccc3O4)c2)c([2H])c1[2H]. The maximum absolute atomic E-state index is 8.97. The number of rotatable bonds is 4. The van der Waals surface area contributed by atoms with Crippen LogP contribution >= 0.6 is 0 Å². The van der Waals surface area contributed by atoms with E-state index in [4.69, 9.17) is 11.6 Å². The zero-order valence-electron chi connectivity index (χ0n) is 34.8. The third-order valence-electron chi connectivity index (χ3n) is 11.5. The molecule has 0 spiro atoms. The van der Waals surface area contributed by atoms with E-state index in [1.807, 2.05) is 42.5 Å². The first-order chi connectivity index (χ1) is 28.6. The minimum Gasteiger partial charge on any atom is -0.456 e. The van der Waals surface area contributed by atoms with Crippen molar-refractivity contribution in [3.05, 3.63) is 193 Å². The molecule has 1 nitrogen and oxygen atoms in total. The van der Waals surface area contributed by atoms with Gasteiger partial charge in [-0.3, -0.25) is 0 Å². The minimum absolute atomic E-state index is 0.147. The Kier molecular flexibility index (Phi) is 5.64. The molecule has 0 saturated heterocycles. The van der Waals surface area contributed by atoms with Gasteiger partial charge in [0.15, 0.2) is 0 Å². The number of hydrogen-bond donors (Lipinski definition) is 0. The van der Waals surface area contributed by atoms with Crippen molar-refractivity contribution in [3.63, 3.8) is 0 Å². The first-order valence-electron chi connectivity index (χ1n) is 20.9. The lowest BCUT2D eigenvalue weighted by Crippen LogP contribution is -2.14. The smallest absolute Gasteiger partial charge is 0.135 e. The van der Waals surface area contributed by atoms with Crippen LogP contribution in [-0.4, -0.2) is 0 Å². The molecule has 9 aromatic carbocycles. The molecule has 11 rings (SSSR count). The van der Waals surface area contributed by atoms with E-state index in [-0.39, 0.29) is 35.1 Å². The normalized spacial score (nSPS) is 14.6. The van der Waals surface area contributed by atoms with Gasteiger partial charge in [0, 0.05) is 16.4 Å². The molecule has 1 heterocycles. The van der Waals surface area contributed by atoms with Gasteiger partial charge in [-0.15, -0.1) is 0 Å². The summed E-state index contributed by atoms with van der Waals surface area (Å²) in [6.45, 7) is 4.57. The monoisotopic (exact) mass is 693 g/mol. The van der Waals surface area contributed by atoms with Gasteiger partial charge in [-0.25, -0.2) is 0 Å². The second kappa shape index (κ2) is 11.7. The Labute approximate surface area is 322 Å². The van der Waals surface area contributed by atoms with E-state index in [0.717, 1.165) is 77.6 Å². The second-order valence-corrected chi connectivity index (χ2v) is 14.9. The van der Waals surface area contributed by atoms with Crippen LogP contribution in [0.4, 0.5) is 0 Å². The molecule has 0 N–H and O–H groups in total. The van der Waals surface area contributed by atoms with Gasteiger partial charge >= 0.3 is 0 Å². The Hall–Kier alpha value is -6.70. The summed E-state index contributed by atoms with van der Waals surface area (Å²) in [6.07, 6.45) is 0. The second-order valence-electron chi connectivity index (χ2n) is 14.9. The molecule has 0 fully saturated rings. The molecule has 0 saturated carbocycles. The summed E-state index contributed by atoms with van der Waals surface area (Å²) in [4.78, 5) is 0. The summed E-state index contributed by atoms with van der Waals surface area (Å²) in [6, 6.07) is 51.4. The van der Waals surface area contributed by atoms with Gasteiger partial charge in [0.2, 0.25) is 0 Å². The third-order valence-corrected chi connectivity index (χ3v) is 11.5. The summed E-state index contributed by atoms with van der Waals surface area (Å²) in [5, 5.41) is 4.25.